The lowest BCUT2D eigenvalue weighted by Gasteiger charge is -2.12. The lowest BCUT2D eigenvalue weighted by atomic mass is 10.0. The van der Waals surface area contributed by atoms with Crippen LogP contribution in [-0.4, -0.2) is 5.11 Å². The Bertz CT molecular complexity index is 558. The molecule has 1 heterocycles. The quantitative estimate of drug-likeness (QED) is 0.867. The van der Waals surface area contributed by atoms with Crippen LogP contribution in [0.2, 0.25) is 0 Å². The molecule has 1 aromatic heterocycles. The molecule has 1 aromatic carbocycles. The Morgan fingerprint density at radius 2 is 1.94 bits per heavy atom. The summed E-state index contributed by atoms with van der Waals surface area (Å²) in [5.74, 6) is 0. The molecule has 18 heavy (non-hydrogen) atoms. The summed E-state index contributed by atoms with van der Waals surface area (Å²) in [6.45, 7) is 1.28. The molecule has 5 heteroatoms. The molecule has 0 aliphatic heterocycles. The maximum absolute atomic E-state index is 12.8. The molecule has 0 amide bonds. The number of alkyl halides is 3. The summed E-state index contributed by atoms with van der Waals surface area (Å²) in [4.78, 5) is 0.794. The molecule has 2 rings (SSSR count). The van der Waals surface area contributed by atoms with Gasteiger partial charge in [-0.25, -0.2) is 0 Å². The van der Waals surface area contributed by atoms with Gasteiger partial charge in [-0.15, -0.1) is 11.3 Å². The number of halogens is 3. The number of aliphatic hydroxyl groups excluding tert-OH is 1. The highest BCUT2D eigenvalue weighted by Gasteiger charge is 2.33. The van der Waals surface area contributed by atoms with E-state index in [0.29, 0.717) is 5.56 Å². The zero-order chi connectivity index (χ0) is 13.3. The third kappa shape index (κ3) is 2.57. The van der Waals surface area contributed by atoms with Gasteiger partial charge < -0.3 is 5.11 Å². The van der Waals surface area contributed by atoms with E-state index in [9.17, 15) is 13.2 Å². The zero-order valence-corrected chi connectivity index (χ0v) is 10.4. The molecule has 1 N–H and O–H groups in total. The molecule has 0 saturated carbocycles. The molecule has 0 radical (unpaired) electrons. The van der Waals surface area contributed by atoms with Crippen molar-refractivity contribution in [1.82, 2.24) is 0 Å². The van der Waals surface area contributed by atoms with Crippen LogP contribution < -0.4 is 0 Å². The Kier molecular flexibility index (Phi) is 3.45. The number of hydrogen-bond donors (Lipinski definition) is 1. The van der Waals surface area contributed by atoms with E-state index in [1.807, 2.05) is 18.4 Å². The van der Waals surface area contributed by atoms with Crippen LogP contribution in [0.3, 0.4) is 0 Å². The normalized spacial score (nSPS) is 11.8. The van der Waals surface area contributed by atoms with Crippen molar-refractivity contribution in [2.75, 3.05) is 0 Å². The van der Waals surface area contributed by atoms with Crippen molar-refractivity contribution in [3.05, 3.63) is 46.3 Å². The van der Waals surface area contributed by atoms with E-state index in [4.69, 9.17) is 5.11 Å². The average Bonchev–Trinajstić information content (AvgIpc) is 2.74. The lowest BCUT2D eigenvalue weighted by molar-refractivity contribution is -0.138. The van der Waals surface area contributed by atoms with Gasteiger partial charge in [-0.3, -0.25) is 0 Å². The molecule has 0 aliphatic rings. The van der Waals surface area contributed by atoms with Crippen LogP contribution in [0.25, 0.3) is 10.4 Å². The van der Waals surface area contributed by atoms with Gasteiger partial charge in [-0.05, 0) is 41.1 Å². The van der Waals surface area contributed by atoms with E-state index in [1.165, 1.54) is 17.4 Å². The molecular formula is C13H11F3OS. The van der Waals surface area contributed by atoms with Gasteiger partial charge in [-0.2, -0.15) is 13.2 Å². The number of hydrogen-bond acceptors (Lipinski definition) is 2. The predicted molar refractivity (Wildman–Crippen MR) is 65.4 cm³/mol. The molecule has 0 atom stereocenters. The fourth-order valence-corrected chi connectivity index (χ4v) is 2.61. The third-order valence-electron chi connectivity index (χ3n) is 2.60. The Morgan fingerprint density at radius 3 is 2.44 bits per heavy atom. The van der Waals surface area contributed by atoms with Gasteiger partial charge in [-0.1, -0.05) is 12.1 Å². The number of rotatable bonds is 2. The molecule has 0 fully saturated rings. The van der Waals surface area contributed by atoms with Gasteiger partial charge in [0.2, 0.25) is 0 Å². The van der Waals surface area contributed by atoms with Crippen molar-refractivity contribution in [3.8, 4) is 10.4 Å². The molecule has 2 aromatic rings. The molecular weight excluding hydrogens is 261 g/mol. The van der Waals surface area contributed by atoms with Gasteiger partial charge in [0, 0.05) is 4.88 Å². The number of aryl methyl sites for hydroxylation is 1. The average molecular weight is 272 g/mol. The fourth-order valence-electron chi connectivity index (χ4n) is 1.71. The minimum absolute atomic E-state index is 0.0977. The Labute approximate surface area is 107 Å². The van der Waals surface area contributed by atoms with Crippen LogP contribution in [0.5, 0.6) is 0 Å². The smallest absolute Gasteiger partial charge is 0.392 e. The number of aliphatic hydroxyl groups is 1. The van der Waals surface area contributed by atoms with Crippen LogP contribution in [0.15, 0.2) is 29.6 Å². The van der Waals surface area contributed by atoms with E-state index >= 15 is 0 Å². The van der Waals surface area contributed by atoms with E-state index in [0.717, 1.165) is 16.5 Å². The largest absolute Gasteiger partial charge is 0.416 e. The van der Waals surface area contributed by atoms with Gasteiger partial charge in [0.1, 0.15) is 0 Å². The van der Waals surface area contributed by atoms with Crippen LogP contribution in [0.4, 0.5) is 13.2 Å². The monoisotopic (exact) mass is 272 g/mol. The van der Waals surface area contributed by atoms with Crippen molar-refractivity contribution >= 4 is 11.3 Å². The molecule has 96 valence electrons. The Morgan fingerprint density at radius 1 is 1.22 bits per heavy atom. The van der Waals surface area contributed by atoms with E-state index in [2.05, 4.69) is 0 Å². The van der Waals surface area contributed by atoms with Gasteiger partial charge >= 0.3 is 6.18 Å². The zero-order valence-electron chi connectivity index (χ0n) is 9.58. The van der Waals surface area contributed by atoms with Crippen LogP contribution in [0, 0.1) is 6.92 Å². The van der Waals surface area contributed by atoms with Crippen LogP contribution in [-0.2, 0) is 12.8 Å². The summed E-state index contributed by atoms with van der Waals surface area (Å²) in [7, 11) is 0. The van der Waals surface area contributed by atoms with E-state index in [1.54, 1.807) is 6.07 Å². The Hall–Kier alpha value is -1.33. The summed E-state index contributed by atoms with van der Waals surface area (Å²) in [6, 6.07) is 5.87. The van der Waals surface area contributed by atoms with Crippen molar-refractivity contribution < 1.29 is 18.3 Å². The first-order chi connectivity index (χ1) is 8.41. The molecule has 0 aliphatic carbocycles. The van der Waals surface area contributed by atoms with Crippen molar-refractivity contribution in [2.24, 2.45) is 0 Å². The summed E-state index contributed by atoms with van der Waals surface area (Å²) in [5, 5.41) is 10.8. The molecule has 0 bridgehead atoms. The third-order valence-corrected chi connectivity index (χ3v) is 3.70. The summed E-state index contributed by atoms with van der Waals surface area (Å²) < 4.78 is 38.5. The van der Waals surface area contributed by atoms with Gasteiger partial charge in [0.05, 0.1) is 12.2 Å². The van der Waals surface area contributed by atoms with Gasteiger partial charge in [0.15, 0.2) is 0 Å². The van der Waals surface area contributed by atoms with Crippen molar-refractivity contribution in [3.63, 3.8) is 0 Å². The first-order valence-electron chi connectivity index (χ1n) is 5.28. The molecule has 0 saturated heterocycles. The van der Waals surface area contributed by atoms with Crippen molar-refractivity contribution in [2.45, 2.75) is 19.7 Å². The predicted octanol–water partition coefficient (Wildman–Crippen LogP) is 4.23. The highest BCUT2D eigenvalue weighted by Crippen LogP contribution is 2.36. The first kappa shape index (κ1) is 13.1. The van der Waals surface area contributed by atoms with Gasteiger partial charge in [0.25, 0.3) is 0 Å². The maximum Gasteiger partial charge on any atom is 0.416 e. The highest BCUT2D eigenvalue weighted by atomic mass is 32.1. The van der Waals surface area contributed by atoms with Crippen LogP contribution in [0.1, 0.15) is 16.7 Å². The first-order valence-corrected chi connectivity index (χ1v) is 6.16. The number of thiophene rings is 1. The topological polar surface area (TPSA) is 20.2 Å². The molecule has 0 unspecified atom stereocenters. The highest BCUT2D eigenvalue weighted by molar-refractivity contribution is 7.13. The summed E-state index contributed by atoms with van der Waals surface area (Å²) in [5.41, 5.74) is 0.681. The second-order valence-electron chi connectivity index (χ2n) is 4.02. The minimum atomic E-state index is -4.44. The standard InChI is InChI=1S/C13H11F3OS/c1-8-4-12(18-7-8)9-2-3-10(6-17)11(5-9)13(14,15)16/h2-5,7,17H,6H2,1H3. The lowest BCUT2D eigenvalue weighted by Crippen LogP contribution is -2.09. The van der Waals surface area contributed by atoms with E-state index < -0.39 is 18.3 Å². The minimum Gasteiger partial charge on any atom is -0.392 e. The van der Waals surface area contributed by atoms with E-state index in [-0.39, 0.29) is 5.56 Å². The van der Waals surface area contributed by atoms with Crippen molar-refractivity contribution in [1.29, 1.82) is 0 Å². The van der Waals surface area contributed by atoms with Crippen LogP contribution >= 0.6 is 11.3 Å². The Balaban J connectivity index is 2.52. The maximum atomic E-state index is 12.8. The summed E-state index contributed by atoms with van der Waals surface area (Å²) >= 11 is 1.41. The number of benzene rings is 1. The molecule has 0 spiro atoms. The second kappa shape index (κ2) is 4.74. The SMILES string of the molecule is Cc1csc(-c2ccc(CO)c(C(F)(F)F)c2)c1. The second-order valence-corrected chi connectivity index (χ2v) is 4.93. The fraction of sp³-hybridized carbons (Fsp3) is 0.231. The summed E-state index contributed by atoms with van der Waals surface area (Å²) in [6.07, 6.45) is -4.44. The molecule has 1 nitrogen and oxygen atoms in total.